The van der Waals surface area contributed by atoms with Gasteiger partial charge in [0.15, 0.2) is 0 Å². The molecular formula is C37H44N6O5. The van der Waals surface area contributed by atoms with Crippen LogP contribution < -0.4 is 20.9 Å². The maximum atomic E-state index is 14.0. The standard InChI is InChI=1S/C37H44N6O5/c1-37(2,41-21-30(45)23-44)18-35(47)42-32-16-15-27-7-4-6-10-33(27)43(36(32)48)22-25-11-13-26(14-12-25)31-9-5-3-8-28(31)19-39-34(46)17-29-20-38-24-40-29/h3-14,20,24,30,32,41,44-45H,15-19,21-23H2,1-2H3,(H,38,40)(H,39,46)(H,42,47)/t30-,32+/m0/s1. The Kier molecular flexibility index (Phi) is 11.4. The van der Waals surface area contributed by atoms with Crippen molar-refractivity contribution in [1.82, 2.24) is 25.9 Å². The van der Waals surface area contributed by atoms with E-state index in [1.165, 1.54) is 0 Å². The number of β-amino-alcohol motifs (C(OH)–C–C–N with tert-alkyl or cyclic N) is 1. The second kappa shape index (κ2) is 15.8. The zero-order valence-electron chi connectivity index (χ0n) is 27.4. The first-order chi connectivity index (χ1) is 23.1. The number of hydrogen-bond donors (Lipinski definition) is 6. The zero-order chi connectivity index (χ0) is 34.1. The van der Waals surface area contributed by atoms with Crippen LogP contribution in [-0.2, 0) is 40.3 Å². The lowest BCUT2D eigenvalue weighted by molar-refractivity contribution is -0.128. The maximum absolute atomic E-state index is 14.0. The molecule has 1 aliphatic heterocycles. The highest BCUT2D eigenvalue weighted by atomic mass is 16.3. The number of rotatable bonds is 14. The Morgan fingerprint density at radius 2 is 1.79 bits per heavy atom. The molecule has 0 bridgehead atoms. The fourth-order valence-electron chi connectivity index (χ4n) is 5.92. The quantitative estimate of drug-likeness (QED) is 0.122. The van der Waals surface area contributed by atoms with Gasteiger partial charge in [0.2, 0.25) is 17.7 Å². The number of aromatic amines is 1. The molecule has 0 spiro atoms. The van der Waals surface area contributed by atoms with Gasteiger partial charge in [-0.05, 0) is 60.6 Å². The number of aliphatic hydroxyl groups is 2. The van der Waals surface area contributed by atoms with Crippen LogP contribution in [0.25, 0.3) is 11.1 Å². The molecule has 0 fully saturated rings. The molecule has 2 atom stereocenters. The number of aryl methyl sites for hydroxylation is 1. The van der Waals surface area contributed by atoms with E-state index in [2.05, 4.69) is 25.9 Å². The van der Waals surface area contributed by atoms with E-state index in [1.54, 1.807) is 17.4 Å². The van der Waals surface area contributed by atoms with Crippen LogP contribution in [0.2, 0.25) is 0 Å². The molecule has 0 radical (unpaired) electrons. The Labute approximate surface area is 280 Å². The monoisotopic (exact) mass is 652 g/mol. The molecule has 0 saturated heterocycles. The number of fused-ring (bicyclic) bond motifs is 1. The molecule has 1 aliphatic rings. The van der Waals surface area contributed by atoms with Crippen LogP contribution in [0, 0.1) is 0 Å². The molecule has 11 nitrogen and oxygen atoms in total. The van der Waals surface area contributed by atoms with Gasteiger partial charge in [-0.3, -0.25) is 14.4 Å². The van der Waals surface area contributed by atoms with Gasteiger partial charge in [-0.2, -0.15) is 0 Å². The number of para-hydroxylation sites is 1. The van der Waals surface area contributed by atoms with Gasteiger partial charge in [0.25, 0.3) is 0 Å². The van der Waals surface area contributed by atoms with Crippen LogP contribution in [0.5, 0.6) is 0 Å². The van der Waals surface area contributed by atoms with Gasteiger partial charge in [0.05, 0.1) is 32.0 Å². The van der Waals surface area contributed by atoms with Crippen LogP contribution in [0.4, 0.5) is 5.69 Å². The van der Waals surface area contributed by atoms with Gasteiger partial charge >= 0.3 is 0 Å². The summed E-state index contributed by atoms with van der Waals surface area (Å²) in [5.74, 6) is -0.537. The van der Waals surface area contributed by atoms with Gasteiger partial charge in [0, 0.05) is 42.6 Å². The maximum Gasteiger partial charge on any atom is 0.249 e. The largest absolute Gasteiger partial charge is 0.394 e. The average Bonchev–Trinajstić information content (AvgIpc) is 3.56. The second-order valence-electron chi connectivity index (χ2n) is 12.9. The van der Waals surface area contributed by atoms with E-state index in [-0.39, 0.29) is 43.7 Å². The molecule has 2 heterocycles. The fraction of sp³-hybridized carbons (Fsp3) is 0.351. The second-order valence-corrected chi connectivity index (χ2v) is 12.9. The van der Waals surface area contributed by atoms with Crippen molar-refractivity contribution in [3.63, 3.8) is 0 Å². The summed E-state index contributed by atoms with van der Waals surface area (Å²) in [6, 6.07) is 23.2. The summed E-state index contributed by atoms with van der Waals surface area (Å²) in [6.07, 6.45) is 3.71. The van der Waals surface area contributed by atoms with E-state index in [9.17, 15) is 19.5 Å². The molecular weight excluding hydrogens is 608 g/mol. The molecule has 1 aromatic heterocycles. The van der Waals surface area contributed by atoms with Crippen molar-refractivity contribution < 1.29 is 24.6 Å². The van der Waals surface area contributed by atoms with E-state index in [1.807, 2.05) is 86.6 Å². The highest BCUT2D eigenvalue weighted by Gasteiger charge is 2.33. The minimum atomic E-state index is -0.919. The molecule has 3 aromatic carbocycles. The van der Waals surface area contributed by atoms with Crippen LogP contribution >= 0.6 is 0 Å². The molecule has 5 rings (SSSR count). The van der Waals surface area contributed by atoms with Crippen molar-refractivity contribution in [1.29, 1.82) is 0 Å². The first-order valence-electron chi connectivity index (χ1n) is 16.3. The number of H-pyrrole nitrogens is 1. The van der Waals surface area contributed by atoms with Crippen molar-refractivity contribution in [2.75, 3.05) is 18.1 Å². The molecule has 252 valence electrons. The van der Waals surface area contributed by atoms with Gasteiger partial charge in [0.1, 0.15) is 6.04 Å². The number of aromatic nitrogens is 2. The van der Waals surface area contributed by atoms with E-state index < -0.39 is 17.7 Å². The van der Waals surface area contributed by atoms with Crippen LogP contribution in [0.3, 0.4) is 0 Å². The van der Waals surface area contributed by atoms with Gasteiger partial charge in [-0.15, -0.1) is 0 Å². The van der Waals surface area contributed by atoms with Gasteiger partial charge < -0.3 is 36.0 Å². The lowest BCUT2D eigenvalue weighted by Gasteiger charge is -2.29. The molecule has 48 heavy (non-hydrogen) atoms. The first kappa shape index (κ1) is 34.5. The molecule has 0 unspecified atom stereocenters. The normalized spacial score (nSPS) is 15.4. The number of anilines is 1. The van der Waals surface area contributed by atoms with Crippen molar-refractivity contribution in [2.45, 2.75) is 70.3 Å². The van der Waals surface area contributed by atoms with Gasteiger partial charge in [-0.1, -0.05) is 66.7 Å². The van der Waals surface area contributed by atoms with E-state index in [0.717, 1.165) is 39.2 Å². The third-order valence-corrected chi connectivity index (χ3v) is 8.52. The smallest absolute Gasteiger partial charge is 0.249 e. The Balaban J connectivity index is 1.27. The third kappa shape index (κ3) is 9.15. The van der Waals surface area contributed by atoms with Crippen LogP contribution in [-0.4, -0.2) is 68.7 Å². The van der Waals surface area contributed by atoms with Crippen LogP contribution in [0.1, 0.15) is 49.1 Å². The summed E-state index contributed by atoms with van der Waals surface area (Å²) in [4.78, 5) is 48.3. The number of benzene rings is 3. The summed E-state index contributed by atoms with van der Waals surface area (Å²) in [5.41, 5.74) is 5.91. The number of amides is 3. The number of carbonyl (C=O) groups is 3. The average molecular weight is 653 g/mol. The predicted octanol–water partition coefficient (Wildman–Crippen LogP) is 3.01. The fourth-order valence-corrected chi connectivity index (χ4v) is 5.92. The van der Waals surface area contributed by atoms with E-state index in [4.69, 9.17) is 5.11 Å². The molecule has 11 heteroatoms. The van der Waals surface area contributed by atoms with Crippen LogP contribution in [0.15, 0.2) is 85.3 Å². The number of carbonyl (C=O) groups excluding carboxylic acids is 3. The third-order valence-electron chi connectivity index (χ3n) is 8.52. The molecule has 4 aromatic rings. The number of nitrogens with one attached hydrogen (secondary N) is 4. The highest BCUT2D eigenvalue weighted by Crippen LogP contribution is 2.30. The number of nitrogens with zero attached hydrogens (tertiary/aromatic N) is 2. The lowest BCUT2D eigenvalue weighted by Crippen LogP contribution is -2.51. The van der Waals surface area contributed by atoms with E-state index >= 15 is 0 Å². The molecule has 0 saturated carbocycles. The number of imidazole rings is 1. The summed E-state index contributed by atoms with van der Waals surface area (Å²) < 4.78 is 0. The Hall–Kier alpha value is -4.84. The van der Waals surface area contributed by atoms with E-state index in [0.29, 0.717) is 25.9 Å². The lowest BCUT2D eigenvalue weighted by atomic mass is 9.98. The molecule has 3 amide bonds. The number of hydrogen-bond acceptors (Lipinski definition) is 7. The Morgan fingerprint density at radius 3 is 2.54 bits per heavy atom. The Morgan fingerprint density at radius 1 is 1.04 bits per heavy atom. The van der Waals surface area contributed by atoms with Crippen molar-refractivity contribution in [3.05, 3.63) is 108 Å². The summed E-state index contributed by atoms with van der Waals surface area (Å²) >= 11 is 0. The van der Waals surface area contributed by atoms with Gasteiger partial charge in [-0.25, -0.2) is 4.98 Å². The highest BCUT2D eigenvalue weighted by molar-refractivity contribution is 6.00. The topological polar surface area (TPSA) is 160 Å². The molecule has 6 N–H and O–H groups in total. The SMILES string of the molecule is CC(C)(CC(=O)N[C@@H]1CCc2ccccc2N(Cc2ccc(-c3ccccc3CNC(=O)Cc3cnc[nH]3)cc2)C1=O)NC[C@H](O)CO. The summed E-state index contributed by atoms with van der Waals surface area (Å²) in [7, 11) is 0. The van der Waals surface area contributed by atoms with Crippen molar-refractivity contribution in [2.24, 2.45) is 0 Å². The van der Waals surface area contributed by atoms with Crippen molar-refractivity contribution in [3.8, 4) is 11.1 Å². The minimum absolute atomic E-state index is 0.0960. The summed E-state index contributed by atoms with van der Waals surface area (Å²) in [5, 5.41) is 27.9. The molecule has 0 aliphatic carbocycles. The number of aliphatic hydroxyl groups excluding tert-OH is 2. The zero-order valence-corrected chi connectivity index (χ0v) is 27.4. The first-order valence-corrected chi connectivity index (χ1v) is 16.3. The minimum Gasteiger partial charge on any atom is -0.394 e. The van der Waals surface area contributed by atoms with Crippen molar-refractivity contribution >= 4 is 23.4 Å². The summed E-state index contributed by atoms with van der Waals surface area (Å²) in [6.45, 7) is 4.18. The Bertz CT molecular complexity index is 1690. The predicted molar refractivity (Wildman–Crippen MR) is 184 cm³/mol.